The Morgan fingerprint density at radius 1 is 1.20 bits per heavy atom. The van der Waals surface area contributed by atoms with E-state index in [0.717, 1.165) is 27.6 Å². The molecule has 1 aromatic heterocycles. The molecule has 0 aliphatic heterocycles. The first-order valence-electron chi connectivity index (χ1n) is 8.43. The summed E-state index contributed by atoms with van der Waals surface area (Å²) in [6, 6.07) is 14.0. The Balaban J connectivity index is 1.82. The summed E-state index contributed by atoms with van der Waals surface area (Å²) in [5.41, 5.74) is 8.52. The number of benzene rings is 2. The molecule has 0 spiro atoms. The highest BCUT2D eigenvalue weighted by molar-refractivity contribution is 5.85. The second-order valence-electron chi connectivity index (χ2n) is 6.36. The zero-order valence-electron chi connectivity index (χ0n) is 14.7. The molecule has 2 aromatic carbocycles. The monoisotopic (exact) mass is 337 g/mol. The van der Waals surface area contributed by atoms with Crippen LogP contribution in [0, 0.1) is 13.8 Å². The molecule has 0 radical (unpaired) electrons. The summed E-state index contributed by atoms with van der Waals surface area (Å²) in [6.07, 6.45) is 0. The molecule has 5 heteroatoms. The Morgan fingerprint density at radius 3 is 2.56 bits per heavy atom. The van der Waals surface area contributed by atoms with Crippen molar-refractivity contribution in [1.82, 2.24) is 10.5 Å². The van der Waals surface area contributed by atoms with Crippen molar-refractivity contribution in [2.24, 2.45) is 5.73 Å². The van der Waals surface area contributed by atoms with Crippen molar-refractivity contribution >= 4 is 16.7 Å². The molecule has 1 amide bonds. The van der Waals surface area contributed by atoms with E-state index >= 15 is 0 Å². The molecule has 1 heterocycles. The van der Waals surface area contributed by atoms with Gasteiger partial charge in [0.25, 0.3) is 0 Å². The van der Waals surface area contributed by atoms with Gasteiger partial charge >= 0.3 is 0 Å². The van der Waals surface area contributed by atoms with E-state index in [0.29, 0.717) is 12.3 Å². The number of fused-ring (bicyclic) bond motifs is 1. The van der Waals surface area contributed by atoms with Crippen LogP contribution in [-0.4, -0.2) is 17.6 Å². The first kappa shape index (κ1) is 17.2. The number of aromatic nitrogens is 1. The van der Waals surface area contributed by atoms with Gasteiger partial charge in [-0.1, -0.05) is 41.6 Å². The standard InChI is InChI=1S/C20H23N3O2/c1-12(19-13(2)23-25-14(19)3)20(24)22-18(11-21)17-9-8-15-6-4-5-7-16(15)10-17/h4-10,12,18H,11,21H2,1-3H3,(H,22,24). The van der Waals surface area contributed by atoms with Gasteiger partial charge in [-0.3, -0.25) is 4.79 Å². The summed E-state index contributed by atoms with van der Waals surface area (Å²) >= 11 is 0. The lowest BCUT2D eigenvalue weighted by atomic mass is 9.97. The molecule has 5 nitrogen and oxygen atoms in total. The van der Waals surface area contributed by atoms with Crippen molar-refractivity contribution in [3.05, 3.63) is 65.0 Å². The molecule has 0 bridgehead atoms. The maximum atomic E-state index is 12.7. The highest BCUT2D eigenvalue weighted by Crippen LogP contribution is 2.25. The van der Waals surface area contributed by atoms with Crippen LogP contribution in [0.25, 0.3) is 10.8 Å². The molecular weight excluding hydrogens is 314 g/mol. The summed E-state index contributed by atoms with van der Waals surface area (Å²) < 4.78 is 5.18. The number of nitrogens with one attached hydrogen (secondary N) is 1. The lowest BCUT2D eigenvalue weighted by molar-refractivity contribution is -0.123. The number of hydrogen-bond acceptors (Lipinski definition) is 4. The van der Waals surface area contributed by atoms with E-state index in [1.54, 1.807) is 0 Å². The third-order valence-corrected chi connectivity index (χ3v) is 4.64. The van der Waals surface area contributed by atoms with Gasteiger partial charge in [0.1, 0.15) is 5.76 Å². The number of aryl methyl sites for hydroxylation is 2. The maximum Gasteiger partial charge on any atom is 0.227 e. The average molecular weight is 337 g/mol. The third-order valence-electron chi connectivity index (χ3n) is 4.64. The molecule has 25 heavy (non-hydrogen) atoms. The van der Waals surface area contributed by atoms with Gasteiger partial charge in [-0.2, -0.15) is 0 Å². The van der Waals surface area contributed by atoms with E-state index in [1.165, 1.54) is 0 Å². The van der Waals surface area contributed by atoms with Crippen LogP contribution in [0.3, 0.4) is 0 Å². The molecule has 3 aromatic rings. The molecule has 0 saturated heterocycles. The van der Waals surface area contributed by atoms with Gasteiger partial charge in [0.05, 0.1) is 17.7 Å². The van der Waals surface area contributed by atoms with Crippen LogP contribution in [0.15, 0.2) is 47.0 Å². The minimum atomic E-state index is -0.347. The minimum Gasteiger partial charge on any atom is -0.361 e. The van der Waals surface area contributed by atoms with Crippen LogP contribution in [-0.2, 0) is 4.79 Å². The number of carbonyl (C=O) groups is 1. The second-order valence-corrected chi connectivity index (χ2v) is 6.36. The summed E-state index contributed by atoms with van der Waals surface area (Å²) in [7, 11) is 0. The zero-order chi connectivity index (χ0) is 18.0. The lowest BCUT2D eigenvalue weighted by Crippen LogP contribution is -2.36. The number of nitrogens with zero attached hydrogens (tertiary/aromatic N) is 1. The fraction of sp³-hybridized carbons (Fsp3) is 0.300. The molecular formula is C20H23N3O2. The fourth-order valence-electron chi connectivity index (χ4n) is 3.24. The number of nitrogens with two attached hydrogens (primary N) is 1. The number of hydrogen-bond donors (Lipinski definition) is 2. The van der Waals surface area contributed by atoms with Crippen molar-refractivity contribution in [2.75, 3.05) is 6.54 Å². The Kier molecular flexibility index (Phi) is 4.86. The zero-order valence-corrected chi connectivity index (χ0v) is 14.7. The number of rotatable bonds is 5. The molecule has 2 unspecified atom stereocenters. The number of amides is 1. The van der Waals surface area contributed by atoms with Crippen LogP contribution >= 0.6 is 0 Å². The molecule has 0 saturated carbocycles. The average Bonchev–Trinajstić information content (AvgIpc) is 2.96. The van der Waals surface area contributed by atoms with Gasteiger partial charge in [-0.05, 0) is 43.2 Å². The largest absolute Gasteiger partial charge is 0.361 e. The molecule has 0 fully saturated rings. The van der Waals surface area contributed by atoms with E-state index in [1.807, 2.05) is 39.0 Å². The first-order valence-corrected chi connectivity index (χ1v) is 8.43. The van der Waals surface area contributed by atoms with Crippen molar-refractivity contribution in [3.63, 3.8) is 0 Å². The molecule has 130 valence electrons. The minimum absolute atomic E-state index is 0.0852. The number of carbonyl (C=O) groups excluding carboxylic acids is 1. The van der Waals surface area contributed by atoms with Crippen LogP contribution < -0.4 is 11.1 Å². The van der Waals surface area contributed by atoms with Crippen LogP contribution in [0.4, 0.5) is 0 Å². The highest BCUT2D eigenvalue weighted by Gasteiger charge is 2.25. The predicted octanol–water partition coefficient (Wildman–Crippen LogP) is 3.36. The first-order chi connectivity index (χ1) is 12.0. The van der Waals surface area contributed by atoms with Crippen molar-refractivity contribution < 1.29 is 9.32 Å². The molecule has 0 aliphatic rings. The summed E-state index contributed by atoms with van der Waals surface area (Å²) in [4.78, 5) is 12.7. The SMILES string of the molecule is Cc1noc(C)c1C(C)C(=O)NC(CN)c1ccc2ccccc2c1. The van der Waals surface area contributed by atoms with Gasteiger partial charge in [-0.25, -0.2) is 0 Å². The van der Waals surface area contributed by atoms with Gasteiger partial charge in [0, 0.05) is 12.1 Å². The second kappa shape index (κ2) is 7.07. The van der Waals surface area contributed by atoms with E-state index in [2.05, 4.69) is 34.7 Å². The molecule has 3 rings (SSSR count). The molecule has 3 N–H and O–H groups in total. The van der Waals surface area contributed by atoms with E-state index in [-0.39, 0.29) is 17.9 Å². The Morgan fingerprint density at radius 2 is 1.92 bits per heavy atom. The third kappa shape index (κ3) is 3.42. The normalized spacial score (nSPS) is 13.6. The van der Waals surface area contributed by atoms with E-state index in [4.69, 9.17) is 10.3 Å². The maximum absolute atomic E-state index is 12.7. The van der Waals surface area contributed by atoms with Gasteiger partial charge < -0.3 is 15.6 Å². The van der Waals surface area contributed by atoms with Crippen LogP contribution in [0.5, 0.6) is 0 Å². The Hall–Kier alpha value is -2.66. The van der Waals surface area contributed by atoms with Crippen molar-refractivity contribution in [2.45, 2.75) is 32.7 Å². The van der Waals surface area contributed by atoms with Gasteiger partial charge in [0.2, 0.25) is 5.91 Å². The topological polar surface area (TPSA) is 81.2 Å². The summed E-state index contributed by atoms with van der Waals surface area (Å²) in [6.45, 7) is 5.86. The Bertz CT molecular complexity index is 881. The van der Waals surface area contributed by atoms with Crippen LogP contribution in [0.2, 0.25) is 0 Å². The quantitative estimate of drug-likeness (QED) is 0.748. The Labute approximate surface area is 147 Å². The highest BCUT2D eigenvalue weighted by atomic mass is 16.5. The smallest absolute Gasteiger partial charge is 0.227 e. The van der Waals surface area contributed by atoms with Crippen molar-refractivity contribution in [3.8, 4) is 0 Å². The van der Waals surface area contributed by atoms with E-state index in [9.17, 15) is 4.79 Å². The van der Waals surface area contributed by atoms with Crippen LogP contribution in [0.1, 0.15) is 41.5 Å². The van der Waals surface area contributed by atoms with Gasteiger partial charge in [0.15, 0.2) is 0 Å². The molecule has 2 atom stereocenters. The van der Waals surface area contributed by atoms with E-state index < -0.39 is 0 Å². The summed E-state index contributed by atoms with van der Waals surface area (Å²) in [5.74, 6) is 0.244. The fourth-order valence-corrected chi connectivity index (χ4v) is 3.24. The lowest BCUT2D eigenvalue weighted by Gasteiger charge is -2.20. The van der Waals surface area contributed by atoms with Crippen molar-refractivity contribution in [1.29, 1.82) is 0 Å². The van der Waals surface area contributed by atoms with Gasteiger partial charge in [-0.15, -0.1) is 0 Å². The predicted molar refractivity (Wildman–Crippen MR) is 98.3 cm³/mol. The molecule has 0 aliphatic carbocycles. The summed E-state index contributed by atoms with van der Waals surface area (Å²) in [5, 5.41) is 9.28.